The Hall–Kier alpha value is -3.86. The first-order valence-corrected chi connectivity index (χ1v) is 13.7. The second-order valence-electron chi connectivity index (χ2n) is 10.1. The molecule has 1 atom stereocenters. The summed E-state index contributed by atoms with van der Waals surface area (Å²) in [7, 11) is 3.21. The van der Waals surface area contributed by atoms with Crippen LogP contribution in [-0.4, -0.2) is 82.7 Å². The van der Waals surface area contributed by atoms with Crippen molar-refractivity contribution < 1.29 is 19.1 Å². The third-order valence-corrected chi connectivity index (χ3v) is 6.88. The topological polar surface area (TPSA) is 115 Å². The van der Waals surface area contributed by atoms with Crippen LogP contribution in [0.2, 0.25) is 5.15 Å². The lowest BCUT2D eigenvalue weighted by molar-refractivity contribution is -0.133. The van der Waals surface area contributed by atoms with Crippen LogP contribution >= 0.6 is 11.6 Å². The van der Waals surface area contributed by atoms with Gasteiger partial charge in [0.25, 0.3) is 0 Å². The zero-order valence-corrected chi connectivity index (χ0v) is 24.1. The number of halogens is 1. The van der Waals surface area contributed by atoms with Crippen molar-refractivity contribution in [3.8, 4) is 17.4 Å². The van der Waals surface area contributed by atoms with Crippen molar-refractivity contribution in [2.45, 2.75) is 39.2 Å². The molecule has 1 aliphatic heterocycles. The molecular formula is C28H36ClN7O4. The molecule has 1 fully saturated rings. The smallest absolute Gasteiger partial charge is 0.238 e. The van der Waals surface area contributed by atoms with E-state index in [0.717, 1.165) is 5.56 Å². The van der Waals surface area contributed by atoms with E-state index in [2.05, 4.69) is 15.3 Å². The molecule has 0 aliphatic carbocycles. The lowest BCUT2D eigenvalue weighted by atomic mass is 10.0. The number of rotatable bonds is 11. The van der Waals surface area contributed by atoms with Gasteiger partial charge in [0.05, 0.1) is 20.3 Å². The van der Waals surface area contributed by atoms with E-state index in [1.54, 1.807) is 43.6 Å². The SMILES string of the molecule is COc1cc(CCNC(=O)CC2CN(C(=O)CC(C)C)CCN2c2cc(Cl)nc(-n3ccnc3)n2)cc(OC)c1. The van der Waals surface area contributed by atoms with E-state index >= 15 is 0 Å². The van der Waals surface area contributed by atoms with E-state index in [-0.39, 0.29) is 35.3 Å². The summed E-state index contributed by atoms with van der Waals surface area (Å²) in [6.45, 7) is 5.95. The monoisotopic (exact) mass is 569 g/mol. The summed E-state index contributed by atoms with van der Waals surface area (Å²) in [5.41, 5.74) is 0.990. The molecule has 2 amide bonds. The van der Waals surface area contributed by atoms with Gasteiger partial charge >= 0.3 is 0 Å². The van der Waals surface area contributed by atoms with Crippen molar-refractivity contribution in [1.29, 1.82) is 0 Å². The quantitative estimate of drug-likeness (QED) is 0.350. The zero-order chi connectivity index (χ0) is 28.6. The Morgan fingerprint density at radius 1 is 1.10 bits per heavy atom. The van der Waals surface area contributed by atoms with E-state index in [9.17, 15) is 9.59 Å². The largest absolute Gasteiger partial charge is 0.497 e. The number of ether oxygens (including phenoxy) is 2. The number of carbonyl (C=O) groups excluding carboxylic acids is 2. The molecule has 1 saturated heterocycles. The van der Waals surface area contributed by atoms with Crippen molar-refractivity contribution in [3.05, 3.63) is 53.7 Å². The third kappa shape index (κ3) is 7.62. The highest BCUT2D eigenvalue weighted by molar-refractivity contribution is 6.29. The van der Waals surface area contributed by atoms with Crippen molar-refractivity contribution in [3.63, 3.8) is 0 Å². The van der Waals surface area contributed by atoms with E-state index in [1.165, 1.54) is 0 Å². The second kappa shape index (κ2) is 13.5. The molecule has 40 heavy (non-hydrogen) atoms. The maximum Gasteiger partial charge on any atom is 0.238 e. The number of nitrogens with zero attached hydrogens (tertiary/aromatic N) is 6. The highest BCUT2D eigenvalue weighted by Gasteiger charge is 2.32. The van der Waals surface area contributed by atoms with Crippen LogP contribution < -0.4 is 19.7 Å². The van der Waals surface area contributed by atoms with Crippen molar-refractivity contribution in [2.24, 2.45) is 5.92 Å². The van der Waals surface area contributed by atoms with Crippen LogP contribution in [0.1, 0.15) is 32.3 Å². The fourth-order valence-electron chi connectivity index (χ4n) is 4.71. The zero-order valence-electron chi connectivity index (χ0n) is 23.3. The fraction of sp³-hybridized carbons (Fsp3) is 0.464. The van der Waals surface area contributed by atoms with Crippen molar-refractivity contribution >= 4 is 29.2 Å². The van der Waals surface area contributed by atoms with Crippen LogP contribution in [0.25, 0.3) is 5.95 Å². The maximum absolute atomic E-state index is 13.1. The molecule has 0 bridgehead atoms. The Morgan fingerprint density at radius 3 is 2.50 bits per heavy atom. The minimum Gasteiger partial charge on any atom is -0.497 e. The summed E-state index contributed by atoms with van der Waals surface area (Å²) in [4.78, 5) is 43.0. The van der Waals surface area contributed by atoms with E-state index < -0.39 is 0 Å². The summed E-state index contributed by atoms with van der Waals surface area (Å²) in [5.74, 6) is 2.61. The third-order valence-electron chi connectivity index (χ3n) is 6.69. The Kier molecular flexibility index (Phi) is 9.81. The van der Waals surface area contributed by atoms with Crippen LogP contribution in [0, 0.1) is 5.92 Å². The maximum atomic E-state index is 13.1. The molecule has 1 N–H and O–H groups in total. The molecule has 0 spiro atoms. The summed E-state index contributed by atoms with van der Waals surface area (Å²) in [5, 5.41) is 3.31. The van der Waals surface area contributed by atoms with Gasteiger partial charge in [-0.15, -0.1) is 0 Å². The Bertz CT molecular complexity index is 1280. The van der Waals surface area contributed by atoms with Crippen LogP contribution in [-0.2, 0) is 16.0 Å². The number of benzene rings is 1. The molecule has 0 saturated carbocycles. The first kappa shape index (κ1) is 29.1. The van der Waals surface area contributed by atoms with Gasteiger partial charge in [0.2, 0.25) is 17.8 Å². The van der Waals surface area contributed by atoms with Crippen molar-refractivity contribution in [1.82, 2.24) is 29.7 Å². The lowest BCUT2D eigenvalue weighted by Gasteiger charge is -2.42. The standard InChI is InChI=1S/C28H36ClN7O4/c1-19(2)11-27(38)34-9-10-36(25-16-24(29)32-28(33-25)35-8-7-30-18-35)21(17-34)14-26(37)31-6-5-20-12-22(39-3)15-23(13-20)40-4/h7-8,12-13,15-16,18-19,21H,5-6,9-11,14,17H2,1-4H3,(H,31,37). The molecule has 214 valence electrons. The molecule has 2 aromatic heterocycles. The van der Waals surface area contributed by atoms with Crippen LogP contribution in [0.4, 0.5) is 5.82 Å². The highest BCUT2D eigenvalue weighted by atomic mass is 35.5. The molecule has 11 nitrogen and oxygen atoms in total. The van der Waals surface area contributed by atoms with Gasteiger partial charge in [-0.3, -0.25) is 14.2 Å². The number of hydrogen-bond acceptors (Lipinski definition) is 8. The van der Waals surface area contributed by atoms with Crippen molar-refractivity contribution in [2.75, 3.05) is 45.3 Å². The summed E-state index contributed by atoms with van der Waals surface area (Å²) < 4.78 is 12.4. The molecule has 3 aromatic rings. The molecule has 3 heterocycles. The minimum atomic E-state index is -0.289. The number of hydrogen-bond donors (Lipinski definition) is 1. The van der Waals surface area contributed by atoms with Gasteiger partial charge in [0, 0.05) is 63.5 Å². The number of carbonyl (C=O) groups is 2. The Balaban J connectivity index is 1.48. The molecule has 1 aromatic carbocycles. The summed E-state index contributed by atoms with van der Waals surface area (Å²) >= 11 is 6.37. The van der Waals surface area contributed by atoms with Gasteiger partial charge in [0.1, 0.15) is 28.8 Å². The van der Waals surface area contributed by atoms with E-state index in [0.29, 0.717) is 62.3 Å². The average molecular weight is 570 g/mol. The van der Waals surface area contributed by atoms with Gasteiger partial charge in [0.15, 0.2) is 0 Å². The number of amides is 2. The average Bonchev–Trinajstić information content (AvgIpc) is 3.47. The predicted octanol–water partition coefficient (Wildman–Crippen LogP) is 3.15. The summed E-state index contributed by atoms with van der Waals surface area (Å²) in [6, 6.07) is 7.06. The number of imidazole rings is 1. The molecule has 4 rings (SSSR count). The number of anilines is 1. The Morgan fingerprint density at radius 2 is 1.85 bits per heavy atom. The van der Waals surface area contributed by atoms with E-state index in [1.807, 2.05) is 41.8 Å². The normalized spacial score (nSPS) is 15.3. The first-order chi connectivity index (χ1) is 19.2. The van der Waals surface area contributed by atoms with Crippen LogP contribution in [0.5, 0.6) is 11.5 Å². The second-order valence-corrected chi connectivity index (χ2v) is 10.5. The van der Waals surface area contributed by atoms with Gasteiger partial charge in [-0.25, -0.2) is 9.97 Å². The van der Waals surface area contributed by atoms with Gasteiger partial charge in [-0.05, 0) is 30.0 Å². The van der Waals surface area contributed by atoms with Gasteiger partial charge in [-0.1, -0.05) is 25.4 Å². The van der Waals surface area contributed by atoms with E-state index in [4.69, 9.17) is 26.1 Å². The number of nitrogens with one attached hydrogen (secondary N) is 1. The minimum absolute atomic E-state index is 0.0897. The molecular weight excluding hydrogens is 534 g/mol. The lowest BCUT2D eigenvalue weighted by Crippen LogP contribution is -2.56. The molecule has 1 aliphatic rings. The van der Waals surface area contributed by atoms with Gasteiger partial charge in [-0.2, -0.15) is 4.98 Å². The van der Waals surface area contributed by atoms with Gasteiger partial charge < -0.3 is 24.6 Å². The predicted molar refractivity (Wildman–Crippen MR) is 152 cm³/mol. The fourth-order valence-corrected chi connectivity index (χ4v) is 4.89. The molecule has 1 unspecified atom stereocenters. The van der Waals surface area contributed by atoms with Crippen LogP contribution in [0.15, 0.2) is 43.0 Å². The Labute approximate surface area is 239 Å². The number of aromatic nitrogens is 4. The van der Waals surface area contributed by atoms with Crippen LogP contribution in [0.3, 0.4) is 0 Å². The first-order valence-electron chi connectivity index (χ1n) is 13.3. The number of piperazine rings is 1. The number of methoxy groups -OCH3 is 2. The molecule has 12 heteroatoms. The highest BCUT2D eigenvalue weighted by Crippen LogP contribution is 2.25. The molecule has 0 radical (unpaired) electrons. The summed E-state index contributed by atoms with van der Waals surface area (Å²) in [6.07, 6.45) is 6.24.